The van der Waals surface area contributed by atoms with Gasteiger partial charge in [-0.25, -0.2) is 15.0 Å². The van der Waals surface area contributed by atoms with Crippen LogP contribution in [-0.4, -0.2) is 101 Å². The number of carbonyl (C=O) groups is 1. The minimum atomic E-state index is -0.612. The van der Waals surface area contributed by atoms with Crippen molar-refractivity contribution < 1.29 is 18.7 Å². The van der Waals surface area contributed by atoms with E-state index in [1.54, 1.807) is 19.3 Å². The van der Waals surface area contributed by atoms with Gasteiger partial charge in [0, 0.05) is 62.3 Å². The van der Waals surface area contributed by atoms with Gasteiger partial charge in [-0.2, -0.15) is 14.4 Å². The van der Waals surface area contributed by atoms with Crippen LogP contribution in [0.2, 0.25) is 0 Å². The lowest BCUT2D eigenvalue weighted by Crippen LogP contribution is -2.37. The fraction of sp³-hybridized carbons (Fsp3) is 0.375. The van der Waals surface area contributed by atoms with Crippen molar-refractivity contribution >= 4 is 40.2 Å². The van der Waals surface area contributed by atoms with Crippen LogP contribution in [0.4, 0.5) is 22.0 Å². The Balaban J connectivity index is 1.10. The van der Waals surface area contributed by atoms with E-state index in [4.69, 9.17) is 15.2 Å². The highest BCUT2D eigenvalue weighted by Crippen LogP contribution is 2.33. The van der Waals surface area contributed by atoms with Crippen molar-refractivity contribution in [1.29, 1.82) is 0 Å². The summed E-state index contributed by atoms with van der Waals surface area (Å²) in [7, 11) is 1.80. The normalized spacial score (nSPS) is 17.7. The summed E-state index contributed by atoms with van der Waals surface area (Å²) in [4.78, 5) is 42.2. The van der Waals surface area contributed by atoms with Crippen molar-refractivity contribution in [3.8, 4) is 17.1 Å². The summed E-state index contributed by atoms with van der Waals surface area (Å²) in [5.41, 5.74) is 10.7. The third-order valence-electron chi connectivity index (χ3n) is 8.06. The smallest absolute Gasteiger partial charge is 0.255 e. The number of nitrogens with two attached hydrogens (primary N) is 1. The Kier molecular flexibility index (Phi) is 9.54. The van der Waals surface area contributed by atoms with Crippen molar-refractivity contribution in [1.82, 2.24) is 35.1 Å². The molecule has 1 aromatic carbocycles. The molecule has 47 heavy (non-hydrogen) atoms. The number of carbonyl (C=O) groups excluding carboxylic acids is 1. The van der Waals surface area contributed by atoms with Crippen molar-refractivity contribution in [3.05, 3.63) is 59.9 Å². The molecule has 2 aliphatic heterocycles. The maximum atomic E-state index is 14.5. The predicted molar refractivity (Wildman–Crippen MR) is 177 cm³/mol. The number of aromatic nitrogens is 5. The summed E-state index contributed by atoms with van der Waals surface area (Å²) in [6.07, 6.45) is 6.75. The van der Waals surface area contributed by atoms with Crippen LogP contribution in [0.5, 0.6) is 5.88 Å². The highest BCUT2D eigenvalue weighted by molar-refractivity contribution is 6.06. The van der Waals surface area contributed by atoms with Gasteiger partial charge in [-0.05, 0) is 38.0 Å². The molecule has 3 aromatic heterocycles. The Morgan fingerprint density at radius 2 is 2.06 bits per heavy atom. The van der Waals surface area contributed by atoms with E-state index in [1.165, 1.54) is 0 Å². The number of fused-ring (bicyclic) bond motifs is 1. The first-order chi connectivity index (χ1) is 22.8. The highest BCUT2D eigenvalue weighted by Gasteiger charge is 2.28. The molecule has 15 heteroatoms. The van der Waals surface area contributed by atoms with E-state index in [0.29, 0.717) is 63.1 Å². The zero-order chi connectivity index (χ0) is 32.9. The molecule has 5 heterocycles. The summed E-state index contributed by atoms with van der Waals surface area (Å²) < 4.78 is 25.8. The zero-order valence-corrected chi connectivity index (χ0v) is 26.6. The molecular formula is C32H38FN11O3. The zero-order valence-electron chi connectivity index (χ0n) is 26.6. The van der Waals surface area contributed by atoms with Crippen molar-refractivity contribution in [2.75, 3.05) is 63.2 Å². The van der Waals surface area contributed by atoms with Crippen molar-refractivity contribution in [2.45, 2.75) is 26.4 Å². The van der Waals surface area contributed by atoms with Crippen molar-refractivity contribution in [2.24, 2.45) is 10.7 Å². The number of hydrogen-bond acceptors (Lipinski definition) is 11. The number of morpholine rings is 1. The Morgan fingerprint density at radius 3 is 2.87 bits per heavy atom. The SMILES string of the molecule is CN/C(C)=C\C(N)=N/c1ncc(C)c(-c2c[nH]c3c(NC(=O)CN4CCC(Oc5nc(N6CCOCC6)ncc5F)C4)cccc23)n1. The number of aromatic amines is 1. The standard InChI is InChI=1S/C32H38FN11O3/c1-19-14-37-31(40-26(34)13-20(2)35-3)41-28(19)23-15-36-29-22(23)5-4-6-25(29)39-27(45)18-43-8-7-21(17-43)47-30-24(33)16-38-32(42-30)44-9-11-46-12-10-44/h4-6,13-16,21,35-36H,7-12,17-18H2,1-3H3,(H,39,45)(H2,34,37,40,41)/b20-13-. The van der Waals surface area contributed by atoms with Gasteiger partial charge in [0.05, 0.1) is 42.9 Å². The third kappa shape index (κ3) is 7.47. The minimum Gasteiger partial charge on any atom is -0.471 e. The number of anilines is 2. The van der Waals surface area contributed by atoms with Gasteiger partial charge in [0.1, 0.15) is 11.9 Å². The molecule has 246 valence electrons. The number of ether oxygens (including phenoxy) is 2. The summed E-state index contributed by atoms with van der Waals surface area (Å²) in [5.74, 6) is 0.0855. The average Bonchev–Trinajstić information content (AvgIpc) is 3.70. The molecule has 0 bridgehead atoms. The number of rotatable bonds is 10. The largest absolute Gasteiger partial charge is 0.471 e. The molecule has 4 aromatic rings. The number of para-hydroxylation sites is 1. The van der Waals surface area contributed by atoms with E-state index in [1.807, 2.05) is 48.0 Å². The van der Waals surface area contributed by atoms with Gasteiger partial charge in [-0.3, -0.25) is 9.69 Å². The molecular weight excluding hydrogens is 605 g/mol. The van der Waals surface area contributed by atoms with E-state index in [0.717, 1.165) is 33.9 Å². The fourth-order valence-corrected chi connectivity index (χ4v) is 5.58. The number of nitrogens with one attached hydrogen (secondary N) is 3. The predicted octanol–water partition coefficient (Wildman–Crippen LogP) is 2.90. The van der Waals surface area contributed by atoms with Crippen LogP contribution in [0.15, 0.2) is 53.6 Å². The van der Waals surface area contributed by atoms with Gasteiger partial charge in [0.2, 0.25) is 17.7 Å². The number of H-pyrrole nitrogens is 1. The number of aliphatic imine (C=N–C) groups is 1. The maximum absolute atomic E-state index is 14.5. The van der Waals surface area contributed by atoms with Crippen LogP contribution >= 0.6 is 0 Å². The first-order valence-electron chi connectivity index (χ1n) is 15.5. The number of nitrogens with zero attached hydrogens (tertiary/aromatic N) is 7. The summed E-state index contributed by atoms with van der Waals surface area (Å²) in [6, 6.07) is 5.70. The molecule has 2 aliphatic rings. The Labute approximate surface area is 271 Å². The molecule has 5 N–H and O–H groups in total. The molecule has 0 radical (unpaired) electrons. The maximum Gasteiger partial charge on any atom is 0.255 e. The van der Waals surface area contributed by atoms with Crippen LogP contribution in [0.25, 0.3) is 22.2 Å². The molecule has 1 amide bonds. The minimum absolute atomic E-state index is 0.0749. The lowest BCUT2D eigenvalue weighted by Gasteiger charge is -2.27. The third-order valence-corrected chi connectivity index (χ3v) is 8.06. The Morgan fingerprint density at radius 1 is 1.23 bits per heavy atom. The van der Waals surface area contributed by atoms with Gasteiger partial charge in [-0.1, -0.05) is 12.1 Å². The second kappa shape index (κ2) is 14.1. The van der Waals surface area contributed by atoms with E-state index >= 15 is 0 Å². The molecule has 0 saturated carbocycles. The van der Waals surface area contributed by atoms with Crippen LogP contribution in [-0.2, 0) is 9.53 Å². The number of likely N-dealkylation sites (tertiary alicyclic amines) is 1. The summed E-state index contributed by atoms with van der Waals surface area (Å²) in [6.45, 7) is 7.47. The molecule has 1 atom stereocenters. The lowest BCUT2D eigenvalue weighted by atomic mass is 10.1. The number of allylic oxidation sites excluding steroid dienone is 1. The summed E-state index contributed by atoms with van der Waals surface area (Å²) in [5, 5.41) is 6.93. The molecule has 0 aliphatic carbocycles. The van der Waals surface area contributed by atoms with Gasteiger partial charge in [-0.15, -0.1) is 0 Å². The molecule has 6 rings (SSSR count). The molecule has 2 fully saturated rings. The number of aryl methyl sites for hydroxylation is 1. The second-order valence-corrected chi connectivity index (χ2v) is 11.5. The monoisotopic (exact) mass is 643 g/mol. The first kappa shape index (κ1) is 31.8. The highest BCUT2D eigenvalue weighted by atomic mass is 19.1. The molecule has 1 unspecified atom stereocenters. The summed E-state index contributed by atoms with van der Waals surface area (Å²) >= 11 is 0. The van der Waals surface area contributed by atoms with Crippen LogP contribution in [0.3, 0.4) is 0 Å². The van der Waals surface area contributed by atoms with E-state index in [-0.39, 0.29) is 36.2 Å². The van der Waals surface area contributed by atoms with Gasteiger partial charge in [0.25, 0.3) is 11.8 Å². The molecule has 0 spiro atoms. The van der Waals surface area contributed by atoms with Crippen LogP contribution in [0.1, 0.15) is 18.9 Å². The molecule has 2 saturated heterocycles. The van der Waals surface area contributed by atoms with E-state index < -0.39 is 5.82 Å². The number of hydrogen-bond donors (Lipinski definition) is 4. The van der Waals surface area contributed by atoms with E-state index in [2.05, 4.69) is 40.5 Å². The quantitative estimate of drug-likeness (QED) is 0.148. The van der Waals surface area contributed by atoms with Gasteiger partial charge in [0.15, 0.2) is 0 Å². The topological polar surface area (TPSA) is 172 Å². The fourth-order valence-electron chi connectivity index (χ4n) is 5.58. The van der Waals surface area contributed by atoms with Crippen LogP contribution in [0, 0.1) is 12.7 Å². The lowest BCUT2D eigenvalue weighted by molar-refractivity contribution is -0.117. The Bertz CT molecular complexity index is 1820. The number of amides is 1. The number of benzene rings is 1. The van der Waals surface area contributed by atoms with Gasteiger partial charge >= 0.3 is 0 Å². The van der Waals surface area contributed by atoms with E-state index in [9.17, 15) is 9.18 Å². The second-order valence-electron chi connectivity index (χ2n) is 11.5. The Hall–Kier alpha value is -5.15. The molecule has 14 nitrogen and oxygen atoms in total. The van der Waals surface area contributed by atoms with Crippen molar-refractivity contribution in [3.63, 3.8) is 0 Å². The van der Waals surface area contributed by atoms with Crippen LogP contribution < -0.4 is 26.0 Å². The number of halogens is 1. The number of amidine groups is 1. The average molecular weight is 644 g/mol. The first-order valence-corrected chi connectivity index (χ1v) is 15.5. The van der Waals surface area contributed by atoms with Gasteiger partial charge < -0.3 is 35.7 Å².